The second kappa shape index (κ2) is 4.99. The van der Waals surface area contributed by atoms with E-state index < -0.39 is 0 Å². The average molecular weight is 143 g/mol. The van der Waals surface area contributed by atoms with E-state index in [0.717, 1.165) is 6.29 Å². The van der Waals surface area contributed by atoms with Gasteiger partial charge in [0.2, 0.25) is 0 Å². The third kappa shape index (κ3) is 4.09. The summed E-state index contributed by atoms with van der Waals surface area (Å²) in [5.41, 5.74) is 0.646. The monoisotopic (exact) mass is 143 g/mol. The number of hydrogen-bond acceptors (Lipinski definition) is 3. The highest BCUT2D eigenvalue weighted by Gasteiger charge is 1.92. The summed E-state index contributed by atoms with van der Waals surface area (Å²) in [6, 6.07) is 0. The van der Waals surface area contributed by atoms with Crippen molar-refractivity contribution in [1.29, 1.82) is 0 Å². The number of hydrogen-bond donors (Lipinski definition) is 0. The van der Waals surface area contributed by atoms with Gasteiger partial charge in [-0.2, -0.15) is 0 Å². The van der Waals surface area contributed by atoms with Gasteiger partial charge in [0, 0.05) is 33.0 Å². The summed E-state index contributed by atoms with van der Waals surface area (Å²) in [5, 5.41) is 0. The molecule has 3 heteroatoms. The van der Waals surface area contributed by atoms with E-state index in [1.807, 2.05) is 19.0 Å². The molecule has 0 N–H and O–H groups in total. The Labute approximate surface area is 61.3 Å². The molecular formula is C7H13NO2. The van der Waals surface area contributed by atoms with E-state index in [2.05, 4.69) is 0 Å². The quantitative estimate of drug-likeness (QED) is 0.418. The smallest absolute Gasteiger partial charge is 0.149 e. The standard InChI is InChI=1S/C7H13NO2/c1-8(2)4-7(5-9)6-10-3/h4-5H,6H2,1-3H3/b7-4-. The molecule has 0 atom stereocenters. The van der Waals surface area contributed by atoms with Crippen LogP contribution in [0.15, 0.2) is 11.8 Å². The third-order valence-corrected chi connectivity index (χ3v) is 0.886. The van der Waals surface area contributed by atoms with Crippen LogP contribution in [0.1, 0.15) is 0 Å². The van der Waals surface area contributed by atoms with E-state index in [1.54, 1.807) is 13.3 Å². The first kappa shape index (κ1) is 9.17. The molecule has 0 spiro atoms. The van der Waals surface area contributed by atoms with E-state index in [9.17, 15) is 4.79 Å². The molecular weight excluding hydrogens is 130 g/mol. The molecule has 0 aliphatic heterocycles. The van der Waals surface area contributed by atoms with Crippen molar-refractivity contribution in [3.05, 3.63) is 11.8 Å². The minimum atomic E-state index is 0.377. The first-order valence-electron chi connectivity index (χ1n) is 3.02. The molecule has 10 heavy (non-hydrogen) atoms. The van der Waals surface area contributed by atoms with E-state index in [4.69, 9.17) is 4.74 Å². The first-order chi connectivity index (χ1) is 4.70. The Bertz CT molecular complexity index is 130. The van der Waals surface area contributed by atoms with Crippen LogP contribution in [-0.4, -0.2) is 39.0 Å². The second-order valence-corrected chi connectivity index (χ2v) is 2.22. The summed E-state index contributed by atoms with van der Waals surface area (Å²) in [5.74, 6) is 0. The van der Waals surface area contributed by atoms with Gasteiger partial charge in [-0.05, 0) is 0 Å². The summed E-state index contributed by atoms with van der Waals surface area (Å²) in [6.45, 7) is 0.377. The average Bonchev–Trinajstić information content (AvgIpc) is 1.86. The molecule has 0 aromatic heterocycles. The highest BCUT2D eigenvalue weighted by Crippen LogP contribution is 1.90. The van der Waals surface area contributed by atoms with Gasteiger partial charge < -0.3 is 9.64 Å². The summed E-state index contributed by atoms with van der Waals surface area (Å²) in [4.78, 5) is 12.1. The van der Waals surface area contributed by atoms with Crippen molar-refractivity contribution >= 4 is 6.29 Å². The van der Waals surface area contributed by atoms with E-state index in [1.165, 1.54) is 0 Å². The molecule has 0 aliphatic rings. The fourth-order valence-electron chi connectivity index (χ4n) is 0.600. The molecule has 0 aromatic rings. The van der Waals surface area contributed by atoms with Crippen molar-refractivity contribution < 1.29 is 9.53 Å². The van der Waals surface area contributed by atoms with Gasteiger partial charge in [0.05, 0.1) is 6.61 Å². The van der Waals surface area contributed by atoms with Gasteiger partial charge in [0.25, 0.3) is 0 Å². The Morgan fingerprint density at radius 2 is 2.20 bits per heavy atom. The summed E-state index contributed by atoms with van der Waals surface area (Å²) >= 11 is 0. The Balaban J connectivity index is 3.90. The number of ether oxygens (including phenoxy) is 1. The van der Waals surface area contributed by atoms with Crippen molar-refractivity contribution in [2.45, 2.75) is 0 Å². The predicted octanol–water partition coefficient (Wildman–Crippen LogP) is 0.277. The van der Waals surface area contributed by atoms with E-state index in [0.29, 0.717) is 12.2 Å². The Hall–Kier alpha value is -0.830. The van der Waals surface area contributed by atoms with Crippen LogP contribution in [0.5, 0.6) is 0 Å². The lowest BCUT2D eigenvalue weighted by atomic mass is 10.3. The fraction of sp³-hybridized carbons (Fsp3) is 0.571. The Morgan fingerprint density at radius 3 is 2.50 bits per heavy atom. The molecule has 0 rings (SSSR count). The molecule has 0 aromatic carbocycles. The zero-order valence-electron chi connectivity index (χ0n) is 6.63. The summed E-state index contributed by atoms with van der Waals surface area (Å²) < 4.78 is 4.77. The van der Waals surface area contributed by atoms with Crippen LogP contribution < -0.4 is 0 Å². The molecule has 0 aliphatic carbocycles. The van der Waals surface area contributed by atoms with Gasteiger partial charge in [0.1, 0.15) is 6.29 Å². The predicted molar refractivity (Wildman–Crippen MR) is 39.7 cm³/mol. The maximum absolute atomic E-state index is 10.3. The third-order valence-electron chi connectivity index (χ3n) is 0.886. The molecule has 0 saturated heterocycles. The molecule has 3 nitrogen and oxygen atoms in total. The lowest BCUT2D eigenvalue weighted by Gasteiger charge is -2.05. The fourth-order valence-corrected chi connectivity index (χ4v) is 0.600. The number of methoxy groups -OCH3 is 1. The second-order valence-electron chi connectivity index (χ2n) is 2.22. The van der Waals surface area contributed by atoms with Crippen LogP contribution in [0.3, 0.4) is 0 Å². The molecule has 0 unspecified atom stereocenters. The van der Waals surface area contributed by atoms with Crippen LogP contribution in [0.4, 0.5) is 0 Å². The van der Waals surface area contributed by atoms with E-state index >= 15 is 0 Å². The maximum atomic E-state index is 10.3. The van der Waals surface area contributed by atoms with Crippen molar-refractivity contribution in [3.63, 3.8) is 0 Å². The minimum Gasteiger partial charge on any atom is -0.383 e. The summed E-state index contributed by atoms with van der Waals surface area (Å²) in [6.07, 6.45) is 2.53. The van der Waals surface area contributed by atoms with Gasteiger partial charge in [-0.15, -0.1) is 0 Å². The van der Waals surface area contributed by atoms with Crippen molar-refractivity contribution in [2.75, 3.05) is 27.8 Å². The van der Waals surface area contributed by atoms with Crippen molar-refractivity contribution in [3.8, 4) is 0 Å². The number of nitrogens with zero attached hydrogens (tertiary/aromatic N) is 1. The number of aldehydes is 1. The van der Waals surface area contributed by atoms with Gasteiger partial charge in [-0.25, -0.2) is 0 Å². The van der Waals surface area contributed by atoms with Gasteiger partial charge >= 0.3 is 0 Å². The number of rotatable bonds is 4. The van der Waals surface area contributed by atoms with Crippen LogP contribution in [-0.2, 0) is 9.53 Å². The topological polar surface area (TPSA) is 29.5 Å². The van der Waals surface area contributed by atoms with Gasteiger partial charge in [-0.3, -0.25) is 4.79 Å². The molecule has 0 amide bonds. The lowest BCUT2D eigenvalue weighted by Crippen LogP contribution is -2.06. The van der Waals surface area contributed by atoms with Crippen molar-refractivity contribution in [2.24, 2.45) is 0 Å². The number of carbonyl (C=O) groups is 1. The molecule has 58 valence electrons. The van der Waals surface area contributed by atoms with Gasteiger partial charge in [-0.1, -0.05) is 0 Å². The van der Waals surface area contributed by atoms with Crippen LogP contribution in [0.2, 0.25) is 0 Å². The Kier molecular flexibility index (Phi) is 4.58. The minimum absolute atomic E-state index is 0.377. The Morgan fingerprint density at radius 1 is 1.60 bits per heavy atom. The molecule has 0 bridgehead atoms. The first-order valence-corrected chi connectivity index (χ1v) is 3.02. The van der Waals surface area contributed by atoms with Crippen LogP contribution in [0, 0.1) is 0 Å². The highest BCUT2D eigenvalue weighted by atomic mass is 16.5. The normalized spacial score (nSPS) is 11.3. The van der Waals surface area contributed by atoms with Gasteiger partial charge in [0.15, 0.2) is 0 Å². The van der Waals surface area contributed by atoms with Crippen LogP contribution in [0.25, 0.3) is 0 Å². The lowest BCUT2D eigenvalue weighted by molar-refractivity contribution is -0.105. The zero-order valence-corrected chi connectivity index (χ0v) is 6.63. The molecule has 0 radical (unpaired) electrons. The molecule has 0 saturated carbocycles. The maximum Gasteiger partial charge on any atom is 0.149 e. The number of carbonyl (C=O) groups excluding carboxylic acids is 1. The SMILES string of the molecule is COC/C(C=O)=C\N(C)C. The molecule has 0 fully saturated rings. The summed E-state index contributed by atoms with van der Waals surface area (Å²) in [7, 11) is 5.28. The highest BCUT2D eigenvalue weighted by molar-refractivity contribution is 5.73. The zero-order chi connectivity index (χ0) is 7.98. The largest absolute Gasteiger partial charge is 0.383 e. The van der Waals surface area contributed by atoms with Crippen molar-refractivity contribution in [1.82, 2.24) is 4.90 Å². The van der Waals surface area contributed by atoms with Crippen LogP contribution >= 0.6 is 0 Å². The van der Waals surface area contributed by atoms with E-state index in [-0.39, 0.29) is 0 Å². The molecule has 0 heterocycles.